The molecule has 4 fully saturated rings. The highest BCUT2D eigenvalue weighted by Crippen LogP contribution is 2.46. The molecule has 0 spiro atoms. The van der Waals surface area contributed by atoms with E-state index in [9.17, 15) is 9.59 Å². The minimum atomic E-state index is -0.317. The fraction of sp³-hybridized carbons (Fsp3) is 0.429. The molecular formula is C56H66N8O6. The first kappa shape index (κ1) is 47.4. The van der Waals surface area contributed by atoms with Crippen LogP contribution in [0.25, 0.3) is 33.6 Å². The van der Waals surface area contributed by atoms with Gasteiger partial charge in [0.25, 0.3) is 0 Å². The minimum Gasteiger partial charge on any atom is -0.487 e. The second kappa shape index (κ2) is 22.2. The van der Waals surface area contributed by atoms with Crippen LogP contribution in [0, 0.1) is 0 Å². The normalized spacial score (nSPS) is 19.5. The van der Waals surface area contributed by atoms with Gasteiger partial charge in [0.05, 0.1) is 49.1 Å². The number of imidazole rings is 2. The van der Waals surface area contributed by atoms with Gasteiger partial charge in [-0.1, -0.05) is 84.9 Å². The summed E-state index contributed by atoms with van der Waals surface area (Å²) in [5.74, 6) is 3.01. The largest absolute Gasteiger partial charge is 0.487 e. The molecule has 2 N–H and O–H groups in total. The molecule has 4 saturated heterocycles. The lowest BCUT2D eigenvalue weighted by Gasteiger charge is -2.33. The summed E-state index contributed by atoms with van der Waals surface area (Å²) in [5.41, 5.74) is 7.31. The molecule has 0 bridgehead atoms. The van der Waals surface area contributed by atoms with E-state index in [-0.39, 0.29) is 36.0 Å². The zero-order valence-corrected chi connectivity index (χ0v) is 40.6. The topological polar surface area (TPSA) is 141 Å². The number of benzene rings is 4. The number of aromatic nitrogens is 4. The fourth-order valence-corrected chi connectivity index (χ4v) is 11.1. The molecule has 0 aliphatic carbocycles. The number of rotatable bonds is 19. The first-order valence-corrected chi connectivity index (χ1v) is 25.3. The quantitative estimate of drug-likeness (QED) is 0.0756. The number of likely N-dealkylation sites (tertiary alicyclic amines) is 4. The first-order chi connectivity index (χ1) is 34.5. The van der Waals surface area contributed by atoms with Gasteiger partial charge in [-0.05, 0) is 112 Å². The van der Waals surface area contributed by atoms with Crippen molar-refractivity contribution >= 4 is 11.8 Å². The Kier molecular flexibility index (Phi) is 15.0. The molecule has 366 valence electrons. The Labute approximate surface area is 411 Å². The van der Waals surface area contributed by atoms with Crippen molar-refractivity contribution in [3.8, 4) is 45.1 Å². The number of amides is 2. The van der Waals surface area contributed by atoms with Gasteiger partial charge in [-0.15, -0.1) is 0 Å². The molecule has 4 aromatic carbocycles. The van der Waals surface area contributed by atoms with Gasteiger partial charge in [-0.3, -0.25) is 19.4 Å². The maximum absolute atomic E-state index is 14.6. The number of nitrogens with zero attached hydrogens (tertiary/aromatic N) is 6. The highest BCUT2D eigenvalue weighted by atomic mass is 16.5. The Hall–Kier alpha value is -6.32. The number of methoxy groups -OCH3 is 2. The molecule has 6 heterocycles. The third kappa shape index (κ3) is 10.0. The van der Waals surface area contributed by atoms with E-state index in [0.29, 0.717) is 51.0 Å². The van der Waals surface area contributed by atoms with Gasteiger partial charge in [0.15, 0.2) is 11.5 Å². The molecule has 14 heteroatoms. The molecule has 0 radical (unpaired) electrons. The van der Waals surface area contributed by atoms with Crippen molar-refractivity contribution in [1.29, 1.82) is 0 Å². The van der Waals surface area contributed by atoms with Crippen molar-refractivity contribution in [1.82, 2.24) is 39.5 Å². The number of aromatic amines is 2. The van der Waals surface area contributed by atoms with Crippen LogP contribution in [-0.2, 0) is 19.1 Å². The number of ether oxygens (including phenoxy) is 4. The predicted octanol–water partition coefficient (Wildman–Crippen LogP) is 9.19. The predicted molar refractivity (Wildman–Crippen MR) is 269 cm³/mol. The van der Waals surface area contributed by atoms with Crippen molar-refractivity contribution in [2.45, 2.75) is 75.5 Å². The molecule has 4 aliphatic heterocycles. The summed E-state index contributed by atoms with van der Waals surface area (Å²) in [6, 6.07) is 32.0. The van der Waals surface area contributed by atoms with E-state index in [1.54, 1.807) is 14.2 Å². The molecule has 14 nitrogen and oxygen atoms in total. The Morgan fingerprint density at radius 1 is 0.529 bits per heavy atom. The summed E-state index contributed by atoms with van der Waals surface area (Å²) >= 11 is 0. The third-order valence-electron chi connectivity index (χ3n) is 14.6. The van der Waals surface area contributed by atoms with Crippen molar-refractivity contribution in [2.24, 2.45) is 0 Å². The number of carbonyl (C=O) groups is 2. The van der Waals surface area contributed by atoms with Crippen LogP contribution in [0.3, 0.4) is 0 Å². The molecule has 4 unspecified atom stereocenters. The van der Waals surface area contributed by atoms with Crippen LogP contribution in [0.15, 0.2) is 109 Å². The standard InChI is InChI=1S/C56H66N8O6/c1-67-33-35-69-51-43(39-21-23-40(24-22-39)45-37-57-53(59-45)47-19-13-31-63(47)55(65)49(61-27-9-10-28-61)41-15-5-3-6-16-41)25-26-44(52(51)70-36-34-68-2)46-38-58-54(60-46)48-20-14-32-64(48)56(66)50(62-29-11-12-30-62)42-17-7-4-8-18-42/h3-8,15-18,21-26,37-38,47-50H,9-14,19-20,27-36H2,1-2H3,(H,57,59)(H,58,60). The second-order valence-electron chi connectivity index (χ2n) is 18.9. The summed E-state index contributed by atoms with van der Waals surface area (Å²) in [4.78, 5) is 54.9. The molecule has 2 aromatic heterocycles. The van der Waals surface area contributed by atoms with Crippen molar-refractivity contribution < 1.29 is 28.5 Å². The van der Waals surface area contributed by atoms with E-state index in [2.05, 4.69) is 79.3 Å². The van der Waals surface area contributed by atoms with Crippen LogP contribution in [0.5, 0.6) is 11.5 Å². The van der Waals surface area contributed by atoms with Gasteiger partial charge >= 0.3 is 0 Å². The minimum absolute atomic E-state index is 0.117. The van der Waals surface area contributed by atoms with Crippen molar-refractivity contribution in [2.75, 3.05) is 79.9 Å². The number of hydrogen-bond donors (Lipinski definition) is 2. The highest BCUT2D eigenvalue weighted by Gasteiger charge is 2.41. The van der Waals surface area contributed by atoms with E-state index in [1.807, 2.05) is 59.8 Å². The van der Waals surface area contributed by atoms with Crippen LogP contribution < -0.4 is 9.47 Å². The number of H-pyrrole nitrogens is 2. The zero-order chi connectivity index (χ0) is 47.8. The van der Waals surface area contributed by atoms with Crippen molar-refractivity contribution in [3.05, 3.63) is 132 Å². The van der Waals surface area contributed by atoms with Crippen LogP contribution >= 0.6 is 0 Å². The third-order valence-corrected chi connectivity index (χ3v) is 14.6. The van der Waals surface area contributed by atoms with Crippen LogP contribution in [0.1, 0.15) is 98.3 Å². The molecular weight excluding hydrogens is 881 g/mol. The summed E-state index contributed by atoms with van der Waals surface area (Å²) in [6.45, 7) is 6.47. The number of nitrogens with one attached hydrogen (secondary N) is 2. The maximum atomic E-state index is 14.6. The van der Waals surface area contributed by atoms with Gasteiger partial charge < -0.3 is 38.7 Å². The van der Waals surface area contributed by atoms with E-state index < -0.39 is 0 Å². The summed E-state index contributed by atoms with van der Waals surface area (Å²) in [5, 5.41) is 0. The Morgan fingerprint density at radius 2 is 0.971 bits per heavy atom. The fourth-order valence-electron chi connectivity index (χ4n) is 11.1. The lowest BCUT2D eigenvalue weighted by atomic mass is 9.98. The van der Waals surface area contributed by atoms with Crippen LogP contribution in [0.2, 0.25) is 0 Å². The Bertz CT molecular complexity index is 2660. The summed E-state index contributed by atoms with van der Waals surface area (Å²) in [6.07, 6.45) is 11.7. The van der Waals surface area contributed by atoms with Crippen LogP contribution in [0.4, 0.5) is 0 Å². The highest BCUT2D eigenvalue weighted by molar-refractivity contribution is 5.86. The smallest absolute Gasteiger partial charge is 0.245 e. The summed E-state index contributed by atoms with van der Waals surface area (Å²) < 4.78 is 24.0. The van der Waals surface area contributed by atoms with Gasteiger partial charge in [0.2, 0.25) is 11.8 Å². The Balaban J connectivity index is 0.910. The monoisotopic (exact) mass is 947 g/mol. The Morgan fingerprint density at radius 3 is 1.47 bits per heavy atom. The molecule has 2 amide bonds. The molecule has 70 heavy (non-hydrogen) atoms. The van der Waals surface area contributed by atoms with Gasteiger partial charge in [-0.25, -0.2) is 9.97 Å². The molecule has 4 aliphatic rings. The molecule has 4 atom stereocenters. The average Bonchev–Trinajstić information content (AvgIpc) is 4.26. The van der Waals surface area contributed by atoms with E-state index in [4.69, 9.17) is 28.9 Å². The second-order valence-corrected chi connectivity index (χ2v) is 18.9. The zero-order valence-electron chi connectivity index (χ0n) is 40.6. The SMILES string of the molecule is COCCOc1c(-c2ccc(-c3cnc(C4CCCN4C(=O)C(c4ccccc4)N4CCCC4)[nH]3)cc2)ccc(-c2cnc(C3CCCN3C(=O)C(c3ccccc3)N3CCCC3)[nH]2)c1OCCOC. The van der Waals surface area contributed by atoms with Gasteiger partial charge in [0.1, 0.15) is 36.9 Å². The molecule has 10 rings (SSSR count). The van der Waals surface area contributed by atoms with E-state index >= 15 is 0 Å². The lowest BCUT2D eigenvalue weighted by Crippen LogP contribution is -2.42. The molecule has 0 saturated carbocycles. The number of hydrogen-bond acceptors (Lipinski definition) is 10. The van der Waals surface area contributed by atoms with Crippen LogP contribution in [-0.4, -0.2) is 131 Å². The van der Waals surface area contributed by atoms with E-state index in [0.717, 1.165) is 134 Å². The molecule has 6 aromatic rings. The van der Waals surface area contributed by atoms with E-state index in [1.165, 1.54) is 0 Å². The first-order valence-electron chi connectivity index (χ1n) is 25.3. The average molecular weight is 947 g/mol. The van der Waals surface area contributed by atoms with Gasteiger partial charge in [0, 0.05) is 38.4 Å². The summed E-state index contributed by atoms with van der Waals surface area (Å²) in [7, 11) is 3.31. The van der Waals surface area contributed by atoms with Crippen molar-refractivity contribution in [3.63, 3.8) is 0 Å². The lowest BCUT2D eigenvalue weighted by molar-refractivity contribution is -0.138. The maximum Gasteiger partial charge on any atom is 0.245 e. The van der Waals surface area contributed by atoms with Gasteiger partial charge in [-0.2, -0.15) is 0 Å². The number of carbonyl (C=O) groups excluding carboxylic acids is 2.